The Labute approximate surface area is 109 Å². The lowest BCUT2D eigenvalue weighted by Crippen LogP contribution is -2.17. The van der Waals surface area contributed by atoms with E-state index in [1.807, 2.05) is 6.07 Å². The zero-order chi connectivity index (χ0) is 12.0. The van der Waals surface area contributed by atoms with Gasteiger partial charge in [-0.2, -0.15) is 0 Å². The molecule has 0 bridgehead atoms. The topological polar surface area (TPSA) is 27.1 Å². The van der Waals surface area contributed by atoms with E-state index in [0.29, 0.717) is 6.04 Å². The van der Waals surface area contributed by atoms with Gasteiger partial charge >= 0.3 is 0 Å². The van der Waals surface area contributed by atoms with Crippen LogP contribution in [0.5, 0.6) is 5.75 Å². The van der Waals surface area contributed by atoms with E-state index in [0.717, 1.165) is 21.6 Å². The summed E-state index contributed by atoms with van der Waals surface area (Å²) in [5.74, 6) is 1.93. The lowest BCUT2D eigenvalue weighted by molar-refractivity contribution is 0.316. The molecule has 0 amide bonds. The van der Waals surface area contributed by atoms with E-state index in [1.165, 1.54) is 24.8 Å². The van der Waals surface area contributed by atoms with Crippen LogP contribution in [0, 0.1) is 6.92 Å². The van der Waals surface area contributed by atoms with E-state index in [4.69, 9.17) is 4.74 Å². The Bertz CT molecular complexity index is 572. The van der Waals surface area contributed by atoms with Crippen molar-refractivity contribution >= 4 is 27.0 Å². The van der Waals surface area contributed by atoms with Crippen LogP contribution in [-0.4, -0.2) is 16.7 Å². The maximum absolute atomic E-state index is 5.40. The maximum Gasteiger partial charge on any atom is 0.147 e. The highest BCUT2D eigenvalue weighted by Crippen LogP contribution is 2.38. The number of aromatic nitrogens is 2. The molecule has 1 aromatic heterocycles. The van der Waals surface area contributed by atoms with Crippen LogP contribution < -0.4 is 4.74 Å². The van der Waals surface area contributed by atoms with Crippen LogP contribution in [0.3, 0.4) is 0 Å². The summed E-state index contributed by atoms with van der Waals surface area (Å²) < 4.78 is 8.80. The minimum absolute atomic E-state index is 0.624. The van der Waals surface area contributed by atoms with Gasteiger partial charge in [0.25, 0.3) is 0 Å². The maximum atomic E-state index is 5.40. The summed E-state index contributed by atoms with van der Waals surface area (Å²) >= 11 is 3.54. The van der Waals surface area contributed by atoms with Crippen molar-refractivity contribution in [3.05, 3.63) is 22.4 Å². The van der Waals surface area contributed by atoms with Crippen molar-refractivity contribution in [3.63, 3.8) is 0 Å². The van der Waals surface area contributed by atoms with Gasteiger partial charge in [0.15, 0.2) is 0 Å². The fraction of sp³-hybridized carbons (Fsp3) is 0.462. The molecular formula is C13H15BrN2O. The van der Waals surface area contributed by atoms with Crippen molar-refractivity contribution in [3.8, 4) is 5.75 Å². The predicted molar refractivity (Wildman–Crippen MR) is 71.6 cm³/mol. The van der Waals surface area contributed by atoms with Gasteiger partial charge in [0.05, 0.1) is 12.6 Å². The summed E-state index contributed by atoms with van der Waals surface area (Å²) in [6.45, 7) is 2.08. The average Bonchev–Trinajstić information content (AvgIpc) is 2.53. The molecule has 4 heteroatoms. The van der Waals surface area contributed by atoms with Crippen molar-refractivity contribution in [2.75, 3.05) is 7.11 Å². The standard InChI is InChI=1S/C13H15BrN2O/c1-8-15-13-11(16(8)10-4-3-5-10)6-9(14)7-12(13)17-2/h6-7,10H,3-5H2,1-2H3. The Balaban J connectivity index is 2.27. The molecule has 1 saturated carbocycles. The van der Waals surface area contributed by atoms with Crippen LogP contribution in [0.25, 0.3) is 11.0 Å². The van der Waals surface area contributed by atoms with Gasteiger partial charge < -0.3 is 9.30 Å². The van der Waals surface area contributed by atoms with Gasteiger partial charge in [-0.3, -0.25) is 0 Å². The van der Waals surface area contributed by atoms with Crippen molar-refractivity contribution in [1.82, 2.24) is 9.55 Å². The number of rotatable bonds is 2. The molecule has 2 aromatic rings. The number of methoxy groups -OCH3 is 1. The van der Waals surface area contributed by atoms with Crippen LogP contribution in [0.4, 0.5) is 0 Å². The molecule has 0 unspecified atom stereocenters. The number of benzene rings is 1. The third-order valence-corrected chi connectivity index (χ3v) is 4.02. The number of aryl methyl sites for hydroxylation is 1. The summed E-state index contributed by atoms with van der Waals surface area (Å²) in [6.07, 6.45) is 3.86. The first-order chi connectivity index (χ1) is 8.20. The molecule has 17 heavy (non-hydrogen) atoms. The van der Waals surface area contributed by atoms with Gasteiger partial charge in [0.1, 0.15) is 17.1 Å². The van der Waals surface area contributed by atoms with Crippen LogP contribution >= 0.6 is 15.9 Å². The molecule has 1 heterocycles. The number of hydrogen-bond acceptors (Lipinski definition) is 2. The molecule has 1 fully saturated rings. The largest absolute Gasteiger partial charge is 0.494 e. The number of ether oxygens (including phenoxy) is 1. The first-order valence-corrected chi connectivity index (χ1v) is 6.72. The molecule has 1 aliphatic carbocycles. The van der Waals surface area contributed by atoms with E-state index in [-0.39, 0.29) is 0 Å². The van der Waals surface area contributed by atoms with Crippen molar-refractivity contribution in [2.45, 2.75) is 32.2 Å². The monoisotopic (exact) mass is 294 g/mol. The fourth-order valence-corrected chi connectivity index (χ4v) is 2.93. The average molecular weight is 295 g/mol. The number of hydrogen-bond donors (Lipinski definition) is 0. The normalized spacial score (nSPS) is 16.2. The number of fused-ring (bicyclic) bond motifs is 1. The summed E-state index contributed by atoms with van der Waals surface area (Å²) in [7, 11) is 1.69. The molecule has 0 N–H and O–H groups in total. The van der Waals surface area contributed by atoms with Crippen LogP contribution in [0.2, 0.25) is 0 Å². The number of halogens is 1. The zero-order valence-electron chi connectivity index (χ0n) is 10.0. The summed E-state index contributed by atoms with van der Waals surface area (Å²) in [6, 6.07) is 4.73. The second-order valence-corrected chi connectivity index (χ2v) is 5.51. The van der Waals surface area contributed by atoms with Gasteiger partial charge in [-0.1, -0.05) is 15.9 Å². The van der Waals surface area contributed by atoms with Crippen LogP contribution in [0.15, 0.2) is 16.6 Å². The Morgan fingerprint density at radius 3 is 2.76 bits per heavy atom. The Morgan fingerprint density at radius 1 is 1.41 bits per heavy atom. The Morgan fingerprint density at radius 2 is 2.18 bits per heavy atom. The Hall–Kier alpha value is -1.03. The van der Waals surface area contributed by atoms with Crippen molar-refractivity contribution in [2.24, 2.45) is 0 Å². The molecule has 1 aromatic carbocycles. The quantitative estimate of drug-likeness (QED) is 0.841. The molecule has 3 rings (SSSR count). The highest BCUT2D eigenvalue weighted by atomic mass is 79.9. The van der Waals surface area contributed by atoms with Gasteiger partial charge in [-0.05, 0) is 38.3 Å². The minimum Gasteiger partial charge on any atom is -0.494 e. The molecule has 0 atom stereocenters. The van der Waals surface area contributed by atoms with E-state index in [9.17, 15) is 0 Å². The van der Waals surface area contributed by atoms with E-state index in [1.54, 1.807) is 7.11 Å². The molecule has 0 spiro atoms. The van der Waals surface area contributed by atoms with Crippen molar-refractivity contribution < 1.29 is 4.74 Å². The molecule has 0 saturated heterocycles. The lowest BCUT2D eigenvalue weighted by Gasteiger charge is -2.28. The van der Waals surface area contributed by atoms with E-state index < -0.39 is 0 Å². The summed E-state index contributed by atoms with van der Waals surface area (Å²) in [5.41, 5.74) is 2.15. The smallest absolute Gasteiger partial charge is 0.147 e. The highest BCUT2D eigenvalue weighted by Gasteiger charge is 2.24. The molecule has 0 aliphatic heterocycles. The first-order valence-electron chi connectivity index (χ1n) is 5.93. The van der Waals surface area contributed by atoms with Crippen molar-refractivity contribution in [1.29, 1.82) is 0 Å². The molecular weight excluding hydrogens is 280 g/mol. The number of nitrogens with zero attached hydrogens (tertiary/aromatic N) is 2. The molecule has 3 nitrogen and oxygen atoms in total. The van der Waals surface area contributed by atoms with Gasteiger partial charge in [0, 0.05) is 10.5 Å². The van der Waals surface area contributed by atoms with E-state index >= 15 is 0 Å². The van der Waals surface area contributed by atoms with Gasteiger partial charge in [0.2, 0.25) is 0 Å². The SMILES string of the molecule is COc1cc(Br)cc2c1nc(C)n2C1CCC1. The summed E-state index contributed by atoms with van der Waals surface area (Å²) in [4.78, 5) is 4.65. The summed E-state index contributed by atoms with van der Waals surface area (Å²) in [5, 5.41) is 0. The van der Waals surface area contributed by atoms with Gasteiger partial charge in [-0.15, -0.1) is 0 Å². The predicted octanol–water partition coefficient (Wildman–Crippen LogP) is 3.84. The minimum atomic E-state index is 0.624. The highest BCUT2D eigenvalue weighted by molar-refractivity contribution is 9.10. The fourth-order valence-electron chi connectivity index (χ4n) is 2.51. The third kappa shape index (κ3) is 1.66. The van der Waals surface area contributed by atoms with Crippen LogP contribution in [-0.2, 0) is 0 Å². The van der Waals surface area contributed by atoms with Gasteiger partial charge in [-0.25, -0.2) is 4.98 Å². The number of imidazole rings is 1. The van der Waals surface area contributed by atoms with E-state index in [2.05, 4.69) is 38.5 Å². The Kier molecular flexibility index (Phi) is 2.62. The second kappa shape index (κ2) is 4.02. The van der Waals surface area contributed by atoms with Crippen LogP contribution in [0.1, 0.15) is 31.1 Å². The first kappa shape index (κ1) is 11.1. The zero-order valence-corrected chi connectivity index (χ0v) is 11.6. The lowest BCUT2D eigenvalue weighted by atomic mass is 9.92. The molecule has 0 radical (unpaired) electrons. The third-order valence-electron chi connectivity index (χ3n) is 3.56. The molecule has 1 aliphatic rings. The second-order valence-electron chi connectivity index (χ2n) is 4.59. The molecule has 90 valence electrons.